The number of hydrogen-bond donors (Lipinski definition) is 1. The first-order chi connectivity index (χ1) is 15.2. The third-order valence-corrected chi connectivity index (χ3v) is 6.93. The lowest BCUT2D eigenvalue weighted by Crippen LogP contribution is -2.54. The molecule has 32 heavy (non-hydrogen) atoms. The summed E-state index contributed by atoms with van der Waals surface area (Å²) in [7, 11) is 0. The molecule has 2 heterocycles. The van der Waals surface area contributed by atoms with Crippen LogP contribution in [-0.4, -0.2) is 22.4 Å². The Hall–Kier alpha value is -2.97. The van der Waals surface area contributed by atoms with Crippen LogP contribution < -0.4 is 10.2 Å². The molecule has 0 aliphatic carbocycles. The SMILES string of the molecule is Cc1cc(N2C(=O)NC(=O)/C(=C\c3cc(C)n(-c4ccccc4Br)c3C)C2=O)ccc1Br. The van der Waals surface area contributed by atoms with Crippen LogP contribution in [-0.2, 0) is 9.59 Å². The molecule has 3 aromatic rings. The van der Waals surface area contributed by atoms with E-state index in [1.807, 2.05) is 55.7 Å². The second kappa shape index (κ2) is 8.52. The van der Waals surface area contributed by atoms with E-state index >= 15 is 0 Å². The molecule has 0 bridgehead atoms. The van der Waals surface area contributed by atoms with E-state index in [1.165, 1.54) is 0 Å². The van der Waals surface area contributed by atoms with E-state index in [9.17, 15) is 14.4 Å². The predicted molar refractivity (Wildman–Crippen MR) is 131 cm³/mol. The van der Waals surface area contributed by atoms with Crippen molar-refractivity contribution in [2.24, 2.45) is 0 Å². The molecule has 0 saturated carbocycles. The summed E-state index contributed by atoms with van der Waals surface area (Å²) in [6, 6.07) is 14.1. The Labute approximate surface area is 202 Å². The van der Waals surface area contributed by atoms with Crippen molar-refractivity contribution in [3.05, 3.63) is 85.6 Å². The first kappa shape index (κ1) is 22.2. The normalized spacial score (nSPS) is 15.5. The van der Waals surface area contributed by atoms with E-state index < -0.39 is 17.8 Å². The van der Waals surface area contributed by atoms with Gasteiger partial charge in [0.15, 0.2) is 0 Å². The van der Waals surface area contributed by atoms with Gasteiger partial charge in [-0.25, -0.2) is 9.69 Å². The van der Waals surface area contributed by atoms with Crippen LogP contribution in [0.5, 0.6) is 0 Å². The largest absolute Gasteiger partial charge is 0.335 e. The Morgan fingerprint density at radius 1 is 0.906 bits per heavy atom. The number of urea groups is 1. The van der Waals surface area contributed by atoms with Crippen LogP contribution in [0, 0.1) is 20.8 Å². The molecule has 0 unspecified atom stereocenters. The summed E-state index contributed by atoms with van der Waals surface area (Å²) in [4.78, 5) is 39.3. The fourth-order valence-electron chi connectivity index (χ4n) is 3.75. The molecule has 6 nitrogen and oxygen atoms in total. The highest BCUT2D eigenvalue weighted by molar-refractivity contribution is 9.10. The molecule has 0 atom stereocenters. The van der Waals surface area contributed by atoms with E-state index in [0.717, 1.165) is 42.0 Å². The Morgan fingerprint density at radius 2 is 1.62 bits per heavy atom. The molecular weight excluding hydrogens is 538 g/mol. The number of aryl methyl sites for hydroxylation is 2. The van der Waals surface area contributed by atoms with Gasteiger partial charge in [-0.1, -0.05) is 28.1 Å². The minimum atomic E-state index is -0.766. The molecule has 1 saturated heterocycles. The van der Waals surface area contributed by atoms with E-state index in [2.05, 4.69) is 37.2 Å². The quantitative estimate of drug-likeness (QED) is 0.337. The molecular formula is C24H19Br2N3O3. The van der Waals surface area contributed by atoms with Crippen LogP contribution in [0.15, 0.2) is 63.0 Å². The Kier molecular flexibility index (Phi) is 5.92. The van der Waals surface area contributed by atoms with Gasteiger partial charge in [0.2, 0.25) is 0 Å². The Morgan fingerprint density at radius 3 is 2.31 bits per heavy atom. The number of benzene rings is 2. The number of hydrogen-bond acceptors (Lipinski definition) is 3. The van der Waals surface area contributed by atoms with Crippen molar-refractivity contribution in [1.29, 1.82) is 0 Å². The number of amides is 4. The molecule has 2 aromatic carbocycles. The lowest BCUT2D eigenvalue weighted by Gasteiger charge is -2.26. The molecule has 162 valence electrons. The van der Waals surface area contributed by atoms with E-state index in [1.54, 1.807) is 24.3 Å². The standard InChI is InChI=1S/C24H19Br2N3O3/c1-13-10-17(8-9-19(13)25)29-23(31)18(22(30)27-24(29)32)12-16-11-14(2)28(15(16)3)21-7-5-4-6-20(21)26/h4-12H,1-3H3,(H,27,30,32)/b18-12+. The summed E-state index contributed by atoms with van der Waals surface area (Å²) in [5.41, 5.74) is 4.64. The van der Waals surface area contributed by atoms with Crippen LogP contribution in [0.2, 0.25) is 0 Å². The average molecular weight is 557 g/mol. The van der Waals surface area contributed by atoms with Gasteiger partial charge >= 0.3 is 6.03 Å². The average Bonchev–Trinajstić information content (AvgIpc) is 3.01. The second-order valence-corrected chi connectivity index (χ2v) is 9.21. The summed E-state index contributed by atoms with van der Waals surface area (Å²) < 4.78 is 3.83. The molecule has 8 heteroatoms. The first-order valence-corrected chi connectivity index (χ1v) is 11.4. The number of para-hydroxylation sites is 1. The zero-order chi connectivity index (χ0) is 23.2. The third-order valence-electron chi connectivity index (χ3n) is 5.36. The van der Waals surface area contributed by atoms with Gasteiger partial charge in [0, 0.05) is 20.3 Å². The molecule has 4 amide bonds. The van der Waals surface area contributed by atoms with E-state index in [-0.39, 0.29) is 5.57 Å². The molecule has 0 radical (unpaired) electrons. The van der Waals surface area contributed by atoms with Crippen LogP contribution in [0.4, 0.5) is 10.5 Å². The van der Waals surface area contributed by atoms with E-state index in [0.29, 0.717) is 5.69 Å². The van der Waals surface area contributed by atoms with Crippen molar-refractivity contribution >= 4 is 61.5 Å². The van der Waals surface area contributed by atoms with Gasteiger partial charge in [-0.05, 0) is 90.3 Å². The number of rotatable bonds is 3. The first-order valence-electron chi connectivity index (χ1n) is 9.80. The summed E-state index contributed by atoms with van der Waals surface area (Å²) in [6.45, 7) is 5.74. The van der Waals surface area contributed by atoms with Crippen molar-refractivity contribution in [3.63, 3.8) is 0 Å². The zero-order valence-electron chi connectivity index (χ0n) is 17.6. The maximum atomic E-state index is 13.2. The van der Waals surface area contributed by atoms with Gasteiger partial charge in [0.05, 0.1) is 11.4 Å². The lowest BCUT2D eigenvalue weighted by molar-refractivity contribution is -0.122. The molecule has 1 aromatic heterocycles. The molecule has 1 aliphatic rings. The van der Waals surface area contributed by atoms with Gasteiger partial charge < -0.3 is 4.57 Å². The van der Waals surface area contributed by atoms with Crippen molar-refractivity contribution in [2.45, 2.75) is 20.8 Å². The van der Waals surface area contributed by atoms with Crippen molar-refractivity contribution in [3.8, 4) is 5.69 Å². The van der Waals surface area contributed by atoms with Crippen LogP contribution >= 0.6 is 31.9 Å². The van der Waals surface area contributed by atoms with Gasteiger partial charge in [-0.3, -0.25) is 14.9 Å². The number of halogens is 2. The smallest absolute Gasteiger partial charge is 0.317 e. The highest BCUT2D eigenvalue weighted by Gasteiger charge is 2.37. The predicted octanol–water partition coefficient (Wildman–Crippen LogP) is 5.59. The monoisotopic (exact) mass is 555 g/mol. The number of anilines is 1. The van der Waals surface area contributed by atoms with Crippen LogP contribution in [0.1, 0.15) is 22.5 Å². The van der Waals surface area contributed by atoms with Gasteiger partial charge in [0.1, 0.15) is 5.57 Å². The molecule has 0 spiro atoms. The summed E-state index contributed by atoms with van der Waals surface area (Å²) >= 11 is 6.99. The second-order valence-electron chi connectivity index (χ2n) is 7.50. The summed E-state index contributed by atoms with van der Waals surface area (Å²) in [6.07, 6.45) is 1.54. The van der Waals surface area contributed by atoms with Crippen molar-refractivity contribution in [2.75, 3.05) is 4.90 Å². The molecule has 1 N–H and O–H groups in total. The molecule has 1 aliphatic heterocycles. The summed E-state index contributed by atoms with van der Waals surface area (Å²) in [5.74, 6) is -1.37. The van der Waals surface area contributed by atoms with Crippen LogP contribution in [0.25, 0.3) is 11.8 Å². The summed E-state index contributed by atoms with van der Waals surface area (Å²) in [5, 5.41) is 2.28. The fraction of sp³-hybridized carbons (Fsp3) is 0.125. The van der Waals surface area contributed by atoms with Crippen molar-refractivity contribution < 1.29 is 14.4 Å². The highest BCUT2D eigenvalue weighted by Crippen LogP contribution is 2.30. The van der Waals surface area contributed by atoms with Gasteiger partial charge in [0.25, 0.3) is 11.8 Å². The fourth-order valence-corrected chi connectivity index (χ4v) is 4.46. The van der Waals surface area contributed by atoms with E-state index in [4.69, 9.17) is 0 Å². The number of carbonyl (C=O) groups excluding carboxylic acids is 3. The van der Waals surface area contributed by atoms with Gasteiger partial charge in [-0.2, -0.15) is 0 Å². The number of nitrogens with one attached hydrogen (secondary N) is 1. The molecule has 1 fully saturated rings. The molecule has 4 rings (SSSR count). The highest BCUT2D eigenvalue weighted by atomic mass is 79.9. The number of nitrogens with zero attached hydrogens (tertiary/aromatic N) is 2. The number of aromatic nitrogens is 1. The Bertz CT molecular complexity index is 1320. The minimum Gasteiger partial charge on any atom is -0.317 e. The maximum Gasteiger partial charge on any atom is 0.335 e. The van der Waals surface area contributed by atoms with Crippen molar-refractivity contribution in [1.82, 2.24) is 9.88 Å². The Balaban J connectivity index is 1.78. The third kappa shape index (κ3) is 3.84. The van der Waals surface area contributed by atoms with Crippen LogP contribution in [0.3, 0.4) is 0 Å². The number of barbiturate groups is 1. The number of carbonyl (C=O) groups is 3. The lowest BCUT2D eigenvalue weighted by atomic mass is 10.1. The topological polar surface area (TPSA) is 71.4 Å². The number of imide groups is 2. The van der Waals surface area contributed by atoms with Gasteiger partial charge in [-0.15, -0.1) is 0 Å². The maximum absolute atomic E-state index is 13.2. The minimum absolute atomic E-state index is 0.0995. The zero-order valence-corrected chi connectivity index (χ0v) is 20.7.